The van der Waals surface area contributed by atoms with E-state index in [-0.39, 0.29) is 31.3 Å². The van der Waals surface area contributed by atoms with Gasteiger partial charge in [-0.2, -0.15) is 0 Å². The van der Waals surface area contributed by atoms with Gasteiger partial charge < -0.3 is 23.9 Å². The molecular formula is C26H30N4O5S. The Kier molecular flexibility index (Phi) is 8.76. The molecule has 9 nitrogen and oxygen atoms in total. The number of anilines is 1. The molecule has 10 heteroatoms. The van der Waals surface area contributed by atoms with Gasteiger partial charge in [-0.3, -0.25) is 5.32 Å². The molecule has 2 N–H and O–H groups in total. The van der Waals surface area contributed by atoms with Crippen molar-refractivity contribution in [3.63, 3.8) is 0 Å². The van der Waals surface area contributed by atoms with Crippen LogP contribution in [0.2, 0.25) is 0 Å². The summed E-state index contributed by atoms with van der Waals surface area (Å²) < 4.78 is 19.8. The first-order chi connectivity index (χ1) is 17.5. The van der Waals surface area contributed by atoms with Crippen LogP contribution < -0.4 is 5.32 Å². The highest BCUT2D eigenvalue weighted by Gasteiger charge is 2.38. The minimum Gasteiger partial charge on any atom is -0.445 e. The zero-order valence-electron chi connectivity index (χ0n) is 20.2. The van der Waals surface area contributed by atoms with Gasteiger partial charge in [0.25, 0.3) is 0 Å². The molecule has 4 rings (SSSR count). The van der Waals surface area contributed by atoms with Crippen LogP contribution in [0.1, 0.15) is 36.0 Å². The van der Waals surface area contributed by atoms with Crippen molar-refractivity contribution < 1.29 is 24.1 Å². The van der Waals surface area contributed by atoms with Crippen LogP contribution in [0.5, 0.6) is 0 Å². The summed E-state index contributed by atoms with van der Waals surface area (Å²) in [6.07, 6.45) is 1.57. The topological polar surface area (TPSA) is 108 Å². The number of amides is 1. The van der Waals surface area contributed by atoms with Crippen LogP contribution in [0, 0.1) is 5.92 Å². The zero-order valence-corrected chi connectivity index (χ0v) is 21.1. The number of hydrogen-bond acceptors (Lipinski definition) is 8. The number of benzene rings is 2. The van der Waals surface area contributed by atoms with Gasteiger partial charge in [0, 0.05) is 30.0 Å². The van der Waals surface area contributed by atoms with Gasteiger partial charge in [-0.15, -0.1) is 10.2 Å². The van der Waals surface area contributed by atoms with Gasteiger partial charge in [-0.25, -0.2) is 4.79 Å². The molecule has 1 aromatic heterocycles. The zero-order chi connectivity index (χ0) is 25.5. The molecule has 190 valence electrons. The maximum absolute atomic E-state index is 12.0. The average Bonchev–Trinajstić information content (AvgIpc) is 3.31. The third kappa shape index (κ3) is 6.33. The van der Waals surface area contributed by atoms with Gasteiger partial charge in [-0.1, -0.05) is 67.7 Å². The van der Waals surface area contributed by atoms with E-state index in [1.807, 2.05) is 54.1 Å². The van der Waals surface area contributed by atoms with Crippen molar-refractivity contribution in [1.29, 1.82) is 0 Å². The number of nitrogens with zero attached hydrogens (tertiary/aromatic N) is 3. The molecule has 0 spiro atoms. The van der Waals surface area contributed by atoms with Gasteiger partial charge in [0.05, 0.1) is 18.8 Å². The molecular weight excluding hydrogens is 480 g/mol. The van der Waals surface area contributed by atoms with Crippen molar-refractivity contribution in [3.05, 3.63) is 84.2 Å². The summed E-state index contributed by atoms with van der Waals surface area (Å²) in [6, 6.07) is 15.1. The van der Waals surface area contributed by atoms with Crippen molar-refractivity contribution in [2.24, 2.45) is 13.0 Å². The van der Waals surface area contributed by atoms with Gasteiger partial charge in [0.15, 0.2) is 11.4 Å². The van der Waals surface area contributed by atoms with Gasteiger partial charge >= 0.3 is 6.09 Å². The number of hydrogen-bond donors (Lipinski definition) is 2. The number of nitrogens with one attached hydrogen (secondary N) is 1. The van der Waals surface area contributed by atoms with E-state index < -0.39 is 12.4 Å². The molecule has 1 aliphatic rings. The molecule has 1 saturated heterocycles. The molecule has 36 heavy (non-hydrogen) atoms. The fourth-order valence-electron chi connectivity index (χ4n) is 3.92. The highest BCUT2D eigenvalue weighted by atomic mass is 32.2. The van der Waals surface area contributed by atoms with Gasteiger partial charge in [0.1, 0.15) is 12.9 Å². The molecule has 2 aromatic carbocycles. The Morgan fingerprint density at radius 2 is 2.06 bits per heavy atom. The van der Waals surface area contributed by atoms with Crippen LogP contribution in [0.4, 0.5) is 10.5 Å². The van der Waals surface area contributed by atoms with E-state index in [1.165, 1.54) is 6.08 Å². The summed E-state index contributed by atoms with van der Waals surface area (Å²) in [5.74, 6) is 0.696. The Bertz CT molecular complexity index is 1170. The largest absolute Gasteiger partial charge is 0.445 e. The lowest BCUT2D eigenvalue weighted by atomic mass is 9.91. The molecule has 2 heterocycles. The van der Waals surface area contributed by atoms with Crippen molar-refractivity contribution in [1.82, 2.24) is 14.8 Å². The third-order valence-corrected chi connectivity index (χ3v) is 7.03. The van der Waals surface area contributed by atoms with E-state index >= 15 is 0 Å². The quantitative estimate of drug-likeness (QED) is 0.317. The molecule has 0 saturated carbocycles. The SMILES string of the molecule is C=CCOC(=O)Nc1cccc([C@H]2O[C@@H](CSc3nncn3C)[C@@H](C)[C@@H](c3ccc(CO)cc3)O2)c1. The first-order valence-electron chi connectivity index (χ1n) is 11.6. The maximum Gasteiger partial charge on any atom is 0.411 e. The van der Waals surface area contributed by atoms with Crippen LogP contribution in [-0.4, -0.2) is 44.4 Å². The number of aromatic nitrogens is 3. The molecule has 0 radical (unpaired) electrons. The molecule has 4 atom stereocenters. The Hall–Kier alpha value is -3.18. The summed E-state index contributed by atoms with van der Waals surface area (Å²) in [5.41, 5.74) is 3.19. The predicted octanol–water partition coefficient (Wildman–Crippen LogP) is 4.63. The van der Waals surface area contributed by atoms with Crippen LogP contribution in [0.15, 0.2) is 72.7 Å². The van der Waals surface area contributed by atoms with Crippen LogP contribution >= 0.6 is 11.8 Å². The Balaban J connectivity index is 1.56. The van der Waals surface area contributed by atoms with E-state index in [0.29, 0.717) is 11.4 Å². The number of aliphatic hydroxyl groups is 1. The van der Waals surface area contributed by atoms with Gasteiger partial charge in [0.2, 0.25) is 0 Å². The van der Waals surface area contributed by atoms with E-state index in [0.717, 1.165) is 21.8 Å². The van der Waals surface area contributed by atoms with E-state index in [4.69, 9.17) is 14.2 Å². The second-order valence-electron chi connectivity index (χ2n) is 8.49. The molecule has 1 aliphatic heterocycles. The molecule has 1 fully saturated rings. The number of aliphatic hydroxyl groups excluding tert-OH is 1. The number of carbonyl (C=O) groups excluding carboxylic acids is 1. The average molecular weight is 511 g/mol. The predicted molar refractivity (Wildman–Crippen MR) is 136 cm³/mol. The summed E-state index contributed by atoms with van der Waals surface area (Å²) in [5, 5.41) is 21.1. The highest BCUT2D eigenvalue weighted by molar-refractivity contribution is 7.99. The Morgan fingerprint density at radius 1 is 1.25 bits per heavy atom. The van der Waals surface area contributed by atoms with Gasteiger partial charge in [-0.05, 0) is 23.3 Å². The summed E-state index contributed by atoms with van der Waals surface area (Å²) in [7, 11) is 1.91. The molecule has 0 bridgehead atoms. The maximum atomic E-state index is 12.0. The molecule has 0 aliphatic carbocycles. The normalized spacial score (nSPS) is 21.6. The minimum atomic E-state index is -0.653. The molecule has 0 unspecified atom stereocenters. The standard InChI is InChI=1S/C26H30N4O5S/c1-4-12-33-26(32)28-21-7-5-6-20(13-21)24-34-22(15-36-25-29-27-16-30(25)3)17(2)23(35-24)19-10-8-18(14-31)9-11-19/h4-11,13,16-17,22-24,31H,1,12,14-15H2,2-3H3,(H,28,32)/t17-,22+,23+,24+/m1/s1. The first-order valence-corrected chi connectivity index (χ1v) is 12.6. The fourth-order valence-corrected chi connectivity index (χ4v) is 4.97. The number of rotatable bonds is 9. The Labute approximate surface area is 214 Å². The minimum absolute atomic E-state index is 0.0148. The second-order valence-corrected chi connectivity index (χ2v) is 9.48. The Morgan fingerprint density at radius 3 is 2.75 bits per heavy atom. The number of aryl methyl sites for hydroxylation is 1. The first kappa shape index (κ1) is 25.9. The lowest BCUT2D eigenvalue weighted by Gasteiger charge is -2.41. The van der Waals surface area contributed by atoms with Crippen LogP contribution in [-0.2, 0) is 27.9 Å². The summed E-state index contributed by atoms with van der Waals surface area (Å²) in [6.45, 7) is 5.76. The fraction of sp³-hybridized carbons (Fsp3) is 0.346. The van der Waals surface area contributed by atoms with Crippen molar-refractivity contribution in [3.8, 4) is 0 Å². The molecule has 1 amide bonds. The lowest BCUT2D eigenvalue weighted by molar-refractivity contribution is -0.268. The van der Waals surface area contributed by atoms with E-state index in [9.17, 15) is 9.90 Å². The van der Waals surface area contributed by atoms with E-state index in [1.54, 1.807) is 24.2 Å². The number of thioether (sulfide) groups is 1. The number of carbonyl (C=O) groups is 1. The smallest absolute Gasteiger partial charge is 0.411 e. The summed E-state index contributed by atoms with van der Waals surface area (Å²) >= 11 is 1.58. The van der Waals surface area contributed by atoms with Crippen molar-refractivity contribution >= 4 is 23.5 Å². The lowest BCUT2D eigenvalue weighted by Crippen LogP contribution is -2.38. The monoisotopic (exact) mass is 510 g/mol. The van der Waals surface area contributed by atoms with Crippen LogP contribution in [0.3, 0.4) is 0 Å². The third-order valence-electron chi connectivity index (χ3n) is 5.91. The number of ether oxygens (including phenoxy) is 3. The van der Waals surface area contributed by atoms with Crippen molar-refractivity contribution in [2.45, 2.75) is 37.2 Å². The second kappa shape index (κ2) is 12.2. The summed E-state index contributed by atoms with van der Waals surface area (Å²) in [4.78, 5) is 12.0. The highest BCUT2D eigenvalue weighted by Crippen LogP contribution is 2.43. The van der Waals surface area contributed by atoms with Crippen LogP contribution in [0.25, 0.3) is 0 Å². The molecule has 3 aromatic rings. The van der Waals surface area contributed by atoms with E-state index in [2.05, 4.69) is 29.0 Å². The van der Waals surface area contributed by atoms with Crippen molar-refractivity contribution in [2.75, 3.05) is 17.7 Å².